The Morgan fingerprint density at radius 1 is 0.810 bits per heavy atom. The molecule has 3 N–H and O–H groups in total. The quantitative estimate of drug-likeness (QED) is 0.292. The minimum atomic E-state index is -0.546. The first-order valence-electron chi connectivity index (χ1n) is 13.2. The summed E-state index contributed by atoms with van der Waals surface area (Å²) in [6.07, 6.45) is 1.38. The number of hydrogen-bond acceptors (Lipinski definition) is 8. The summed E-state index contributed by atoms with van der Waals surface area (Å²) in [7, 11) is 0. The lowest BCUT2D eigenvalue weighted by Crippen LogP contribution is -2.18. The van der Waals surface area contributed by atoms with Crippen LogP contribution in [0.1, 0.15) is 0 Å². The van der Waals surface area contributed by atoms with Gasteiger partial charge < -0.3 is 10.2 Å². The first-order valence-corrected chi connectivity index (χ1v) is 13.2. The molecule has 0 radical (unpaired) electrons. The average Bonchev–Trinajstić information content (AvgIpc) is 3.49. The molecular formula is C32H20N8O2. The van der Waals surface area contributed by atoms with Crippen LogP contribution in [0.4, 0.5) is 5.82 Å². The van der Waals surface area contributed by atoms with Crippen molar-refractivity contribution < 1.29 is 4.42 Å². The summed E-state index contributed by atoms with van der Waals surface area (Å²) < 4.78 is 9.38. The fourth-order valence-corrected chi connectivity index (χ4v) is 5.56. The molecule has 5 aromatic heterocycles. The number of nitrogens with one attached hydrogen (secondary N) is 1. The number of aromatic nitrogens is 6. The summed E-state index contributed by atoms with van der Waals surface area (Å²) in [6.45, 7) is 0. The van der Waals surface area contributed by atoms with Crippen LogP contribution < -0.4 is 16.8 Å². The smallest absolute Gasteiger partial charge is 0.284 e. The Kier molecular flexibility index (Phi) is 5.04. The molecule has 42 heavy (non-hydrogen) atoms. The van der Waals surface area contributed by atoms with Gasteiger partial charge in [-0.05, 0) is 41.5 Å². The highest BCUT2D eigenvalue weighted by atomic mass is 16.3. The van der Waals surface area contributed by atoms with Gasteiger partial charge in [0, 0.05) is 11.1 Å². The van der Waals surface area contributed by atoms with Gasteiger partial charge in [0.2, 0.25) is 5.55 Å². The molecule has 5 heterocycles. The second-order valence-corrected chi connectivity index (χ2v) is 9.82. The topological polar surface area (TPSA) is 141 Å². The molecule has 0 bridgehead atoms. The van der Waals surface area contributed by atoms with Crippen molar-refractivity contribution in [2.75, 3.05) is 5.73 Å². The van der Waals surface area contributed by atoms with E-state index in [9.17, 15) is 4.79 Å². The van der Waals surface area contributed by atoms with E-state index in [2.05, 4.69) is 20.1 Å². The van der Waals surface area contributed by atoms with E-state index in [0.717, 1.165) is 22.2 Å². The second kappa shape index (κ2) is 8.93. The summed E-state index contributed by atoms with van der Waals surface area (Å²) in [5.41, 5.74) is 10.7. The van der Waals surface area contributed by atoms with Crippen molar-refractivity contribution in [3.05, 3.63) is 119 Å². The highest BCUT2D eigenvalue weighted by molar-refractivity contribution is 6.13. The number of hydrogen-bond donors (Lipinski definition) is 2. The van der Waals surface area contributed by atoms with Crippen LogP contribution >= 0.6 is 0 Å². The number of anilines is 1. The van der Waals surface area contributed by atoms with E-state index in [-0.39, 0.29) is 22.5 Å². The lowest BCUT2D eigenvalue weighted by molar-refractivity contribution is 0.535. The number of benzene rings is 3. The Morgan fingerprint density at radius 3 is 2.36 bits per heavy atom. The average molecular weight is 549 g/mol. The lowest BCUT2D eigenvalue weighted by Gasteiger charge is -2.21. The van der Waals surface area contributed by atoms with E-state index in [4.69, 9.17) is 15.6 Å². The van der Waals surface area contributed by atoms with Gasteiger partial charge in [0.1, 0.15) is 23.1 Å². The highest BCUT2D eigenvalue weighted by Gasteiger charge is 2.24. The number of nitrogen functional groups attached to an aromatic ring is 1. The fourth-order valence-electron chi connectivity index (χ4n) is 5.56. The van der Waals surface area contributed by atoms with E-state index in [1.54, 1.807) is 0 Å². The van der Waals surface area contributed by atoms with Crippen LogP contribution in [0.25, 0.3) is 66.8 Å². The maximum atomic E-state index is 13.7. The van der Waals surface area contributed by atoms with Crippen LogP contribution in [-0.4, -0.2) is 29.1 Å². The third kappa shape index (κ3) is 3.45. The molecule has 0 aliphatic rings. The van der Waals surface area contributed by atoms with Crippen LogP contribution in [0, 0.1) is 5.41 Å². The van der Waals surface area contributed by atoms with Gasteiger partial charge in [-0.1, -0.05) is 66.7 Å². The summed E-state index contributed by atoms with van der Waals surface area (Å²) in [6, 6.07) is 30.9. The summed E-state index contributed by atoms with van der Waals surface area (Å²) in [5.74, 6) is 0.295. The largest absolute Gasteiger partial charge is 0.438 e. The van der Waals surface area contributed by atoms with Crippen molar-refractivity contribution in [2.45, 2.75) is 0 Å². The molecule has 3 aromatic carbocycles. The van der Waals surface area contributed by atoms with Gasteiger partial charge in [0.25, 0.3) is 11.3 Å². The number of rotatable bonds is 3. The lowest BCUT2D eigenvalue weighted by atomic mass is 9.97. The zero-order valence-corrected chi connectivity index (χ0v) is 21.9. The SMILES string of the molecule is N=c1oc2ccccc2cc1-c1cc(-c2ccccc2)c2c(nc(=O)c3c(N)nc4ncnn4c32)n1-c1ccccc1. The monoisotopic (exact) mass is 548 g/mol. The van der Waals surface area contributed by atoms with Crippen molar-refractivity contribution in [3.63, 3.8) is 0 Å². The van der Waals surface area contributed by atoms with E-state index < -0.39 is 5.56 Å². The van der Waals surface area contributed by atoms with Gasteiger partial charge in [-0.25, -0.2) is 0 Å². The van der Waals surface area contributed by atoms with E-state index >= 15 is 0 Å². The molecule has 8 rings (SSSR count). The van der Waals surface area contributed by atoms with E-state index in [0.29, 0.717) is 33.4 Å². The molecule has 0 unspecified atom stereocenters. The van der Waals surface area contributed by atoms with Crippen molar-refractivity contribution in [1.82, 2.24) is 29.1 Å². The van der Waals surface area contributed by atoms with Gasteiger partial charge in [-0.15, -0.1) is 0 Å². The van der Waals surface area contributed by atoms with Crippen LogP contribution in [0.3, 0.4) is 0 Å². The van der Waals surface area contributed by atoms with Gasteiger partial charge in [-0.3, -0.25) is 14.8 Å². The summed E-state index contributed by atoms with van der Waals surface area (Å²) in [4.78, 5) is 26.9. The van der Waals surface area contributed by atoms with Crippen LogP contribution in [0.2, 0.25) is 0 Å². The molecule has 8 aromatic rings. The van der Waals surface area contributed by atoms with Crippen molar-refractivity contribution in [1.29, 1.82) is 5.41 Å². The Hall–Kier alpha value is -6.16. The molecule has 0 fully saturated rings. The Bertz CT molecular complexity index is 2460. The minimum Gasteiger partial charge on any atom is -0.438 e. The Labute approximate surface area is 236 Å². The number of fused-ring (bicyclic) bond motifs is 6. The number of nitrogens with zero attached hydrogens (tertiary/aromatic N) is 6. The molecule has 0 aliphatic heterocycles. The fraction of sp³-hybridized carbons (Fsp3) is 0. The number of para-hydroxylation sites is 2. The van der Waals surface area contributed by atoms with Crippen LogP contribution in [0.15, 0.2) is 113 Å². The van der Waals surface area contributed by atoms with Gasteiger partial charge >= 0.3 is 0 Å². The minimum absolute atomic E-state index is 0.0213. The Morgan fingerprint density at radius 2 is 1.55 bits per heavy atom. The predicted octanol–water partition coefficient (Wildman–Crippen LogP) is 5.12. The molecule has 0 saturated heterocycles. The predicted molar refractivity (Wildman–Crippen MR) is 160 cm³/mol. The first kappa shape index (κ1) is 23.7. The molecule has 10 heteroatoms. The first-order chi connectivity index (χ1) is 20.6. The summed E-state index contributed by atoms with van der Waals surface area (Å²) >= 11 is 0. The summed E-state index contributed by atoms with van der Waals surface area (Å²) in [5, 5.41) is 15.0. The normalized spacial score (nSPS) is 11.6. The Balaban J connectivity index is 1.66. The third-order valence-corrected chi connectivity index (χ3v) is 7.39. The molecule has 0 saturated carbocycles. The molecule has 0 spiro atoms. The van der Waals surface area contributed by atoms with Crippen molar-refractivity contribution in [3.8, 4) is 28.1 Å². The van der Waals surface area contributed by atoms with Crippen molar-refractivity contribution in [2.24, 2.45) is 0 Å². The maximum Gasteiger partial charge on any atom is 0.284 e. The highest BCUT2D eigenvalue weighted by Crippen LogP contribution is 2.38. The van der Waals surface area contributed by atoms with E-state index in [1.807, 2.05) is 102 Å². The molecule has 200 valence electrons. The molecule has 0 amide bonds. The van der Waals surface area contributed by atoms with Gasteiger partial charge in [0.15, 0.2) is 5.65 Å². The standard InChI is InChI=1S/C32H20N8O2/c33-28-26-27(40-32(37-28)35-17-36-40)25-21(18-9-3-1-4-10-18)16-23(22-15-19-11-7-8-14-24(19)42-29(22)34)39(30(25)38-31(26)41)20-12-5-2-6-13-20/h1-17,34H,(H2,33,35,36,37). The van der Waals surface area contributed by atoms with Crippen LogP contribution in [-0.2, 0) is 0 Å². The second-order valence-electron chi connectivity index (χ2n) is 9.82. The third-order valence-electron chi connectivity index (χ3n) is 7.39. The molecular weight excluding hydrogens is 528 g/mol. The zero-order valence-electron chi connectivity index (χ0n) is 21.9. The maximum absolute atomic E-state index is 13.7. The number of pyridine rings is 2. The van der Waals surface area contributed by atoms with Crippen LogP contribution in [0.5, 0.6) is 0 Å². The zero-order chi connectivity index (χ0) is 28.4. The van der Waals surface area contributed by atoms with Gasteiger partial charge in [-0.2, -0.15) is 24.6 Å². The van der Waals surface area contributed by atoms with Gasteiger partial charge in [0.05, 0.1) is 22.2 Å². The molecule has 0 aliphatic carbocycles. The van der Waals surface area contributed by atoms with E-state index in [1.165, 1.54) is 10.8 Å². The number of nitrogens with two attached hydrogens (primary N) is 1. The molecule has 0 atom stereocenters. The molecule has 10 nitrogen and oxygen atoms in total. The van der Waals surface area contributed by atoms with Crippen molar-refractivity contribution >= 4 is 44.5 Å².